The van der Waals surface area contributed by atoms with E-state index < -0.39 is 10.8 Å². The molecule has 2 saturated carbocycles. The van der Waals surface area contributed by atoms with E-state index in [1.807, 2.05) is 28.3 Å². The van der Waals surface area contributed by atoms with Gasteiger partial charge in [-0.3, -0.25) is 29.3 Å². The molecule has 1 aromatic carbocycles. The lowest BCUT2D eigenvalue weighted by Gasteiger charge is -2.48. The number of pyridine rings is 2. The molecule has 5 saturated heterocycles. The van der Waals surface area contributed by atoms with Gasteiger partial charge < -0.3 is 34.4 Å². The van der Waals surface area contributed by atoms with E-state index in [2.05, 4.69) is 86.0 Å². The van der Waals surface area contributed by atoms with E-state index in [-0.39, 0.29) is 65.4 Å². The number of nitrogens with zero attached hydrogens (tertiary/aromatic N) is 10. The fourth-order valence-electron chi connectivity index (χ4n) is 14.0. The molecule has 5 amide bonds. The zero-order chi connectivity index (χ0) is 51.8. The molecule has 17 heteroatoms. The fraction of sp³-hybridized carbons (Fsp3) is 0.603. The number of nitrogens with one attached hydrogen (secondary N) is 2. The third-order valence-corrected chi connectivity index (χ3v) is 19.0. The first kappa shape index (κ1) is 49.5. The largest absolute Gasteiger partial charge is 0.365 e. The van der Waals surface area contributed by atoms with Crippen LogP contribution in [0.15, 0.2) is 48.9 Å². The predicted molar refractivity (Wildman–Crippen MR) is 285 cm³/mol. The van der Waals surface area contributed by atoms with E-state index in [0.29, 0.717) is 83.8 Å². The van der Waals surface area contributed by atoms with Gasteiger partial charge >= 0.3 is 0 Å². The molecule has 0 unspecified atom stereocenters. The summed E-state index contributed by atoms with van der Waals surface area (Å²) in [6.45, 7) is 12.1. The van der Waals surface area contributed by atoms with Crippen molar-refractivity contribution >= 4 is 57.9 Å². The molecule has 3 aromatic heterocycles. The maximum absolute atomic E-state index is 15.3. The van der Waals surface area contributed by atoms with Gasteiger partial charge in [0.25, 0.3) is 0 Å². The lowest BCUT2D eigenvalue weighted by atomic mass is 9.72. The van der Waals surface area contributed by atoms with Gasteiger partial charge in [-0.1, -0.05) is 31.5 Å². The Kier molecular flexibility index (Phi) is 12.9. The molecule has 75 heavy (non-hydrogen) atoms. The summed E-state index contributed by atoms with van der Waals surface area (Å²) < 4.78 is 2.15. The molecule has 0 bridgehead atoms. The molecule has 1 spiro atoms. The van der Waals surface area contributed by atoms with Crippen LogP contribution in [0.1, 0.15) is 140 Å². The third kappa shape index (κ3) is 8.92. The summed E-state index contributed by atoms with van der Waals surface area (Å²) in [5.74, 6) is 1.17. The summed E-state index contributed by atoms with van der Waals surface area (Å²) in [6, 6.07) is 15.8. The van der Waals surface area contributed by atoms with Crippen molar-refractivity contribution < 1.29 is 24.0 Å². The Morgan fingerprint density at radius 1 is 0.827 bits per heavy atom. The first-order valence-corrected chi connectivity index (χ1v) is 28.2. The van der Waals surface area contributed by atoms with Crippen molar-refractivity contribution in [2.45, 2.75) is 153 Å². The zero-order valence-corrected chi connectivity index (χ0v) is 43.9. The number of benzene rings is 1. The number of anilines is 3. The minimum atomic E-state index is -0.718. The number of hydrogen-bond acceptors (Lipinski definition) is 12. The summed E-state index contributed by atoms with van der Waals surface area (Å²) in [5.41, 5.74) is 5.08. The number of amides is 5. The lowest BCUT2D eigenvalue weighted by molar-refractivity contribution is -0.150. The standard InChI is InChI=1S/C58H72N12O5/c1-36(2)69-35-61-47-32-46(63-52(51(47)69)62-41-27-37(28-41)33-59)39-7-10-45-48(29-39)70(43-30-42(31-43)65-19-5-4-6-20-65)56(75)58(45)17-25-68(26-18-58)55(74)57(3)15-23-67(24-16-57)54(73)38-13-21-66(22-14-38)49-11-8-40(34-60-49)44-9-12-50(71)64-53(44)72/h7-8,10-11,29,32,34-38,41-44H,4-6,9,12-28,30-31H2,1-3H3,(H,62,63)(H,64,71,72)/t37?,41?,42?,43?,44-/m1/s1. The average molecular weight is 1020 g/mol. The van der Waals surface area contributed by atoms with Crippen LogP contribution in [-0.2, 0) is 29.4 Å². The van der Waals surface area contributed by atoms with Gasteiger partial charge in [-0.15, -0.1) is 0 Å². The SMILES string of the molecule is CC(C)n1cnc2cc(-c3ccc4c(c3)N(C3CC(N5CCCCC5)C3)C(=O)C43CCN(C(=O)C4(C)CCN(C(=O)C5CCN(c6ccc([C@H]7CCC(=O)NC7=O)cn6)CC5)CC4)CC3)nc(NC3CC(C#N)C3)c21. The van der Waals surface area contributed by atoms with Gasteiger partial charge in [0.1, 0.15) is 11.3 Å². The number of aromatic nitrogens is 4. The molecular formula is C58H72N12O5. The smallest absolute Gasteiger partial charge is 0.238 e. The molecule has 2 aliphatic carbocycles. The second-order valence-corrected chi connectivity index (χ2v) is 23.9. The number of hydrogen-bond donors (Lipinski definition) is 2. The molecule has 1 atom stereocenters. The van der Waals surface area contributed by atoms with Crippen molar-refractivity contribution in [3.63, 3.8) is 0 Å². The molecule has 2 N–H and O–H groups in total. The van der Waals surface area contributed by atoms with E-state index in [1.54, 1.807) is 6.20 Å². The zero-order valence-electron chi connectivity index (χ0n) is 43.9. The van der Waals surface area contributed by atoms with Gasteiger partial charge in [0.2, 0.25) is 29.5 Å². The molecule has 7 fully saturated rings. The summed E-state index contributed by atoms with van der Waals surface area (Å²) in [5, 5.41) is 15.6. The van der Waals surface area contributed by atoms with Crippen molar-refractivity contribution in [1.29, 1.82) is 5.26 Å². The molecule has 17 nitrogen and oxygen atoms in total. The van der Waals surface area contributed by atoms with Crippen LogP contribution in [0.4, 0.5) is 17.3 Å². The van der Waals surface area contributed by atoms with Crippen LogP contribution in [0.5, 0.6) is 0 Å². The van der Waals surface area contributed by atoms with Gasteiger partial charge in [0.15, 0.2) is 5.82 Å². The molecule has 4 aromatic rings. The van der Waals surface area contributed by atoms with Crippen molar-refractivity contribution in [1.82, 2.24) is 39.5 Å². The Bertz CT molecular complexity index is 2920. The number of imidazole rings is 1. The van der Waals surface area contributed by atoms with Crippen LogP contribution in [0.2, 0.25) is 0 Å². The van der Waals surface area contributed by atoms with Crippen molar-refractivity contribution in [3.8, 4) is 17.3 Å². The molecule has 9 heterocycles. The Morgan fingerprint density at radius 2 is 1.56 bits per heavy atom. The van der Waals surface area contributed by atoms with Crippen molar-refractivity contribution in [2.24, 2.45) is 17.3 Å². The Balaban J connectivity index is 0.712. The first-order valence-electron chi connectivity index (χ1n) is 28.2. The second-order valence-electron chi connectivity index (χ2n) is 23.9. The highest BCUT2D eigenvalue weighted by Crippen LogP contribution is 2.53. The number of piperidine rings is 5. The maximum Gasteiger partial charge on any atom is 0.238 e. The Labute approximate surface area is 439 Å². The normalized spacial score (nSPS) is 27.0. The predicted octanol–water partition coefficient (Wildman–Crippen LogP) is 7.08. The quantitative estimate of drug-likeness (QED) is 0.154. The van der Waals surface area contributed by atoms with E-state index >= 15 is 4.79 Å². The first-order chi connectivity index (χ1) is 36.3. The molecule has 6 aliphatic heterocycles. The highest BCUT2D eigenvalue weighted by Gasteiger charge is 2.57. The van der Waals surface area contributed by atoms with E-state index in [9.17, 15) is 24.4 Å². The summed E-state index contributed by atoms with van der Waals surface area (Å²) >= 11 is 0. The molecule has 394 valence electrons. The van der Waals surface area contributed by atoms with E-state index in [0.717, 1.165) is 102 Å². The van der Waals surface area contributed by atoms with Crippen molar-refractivity contribution in [3.05, 3.63) is 60.0 Å². The summed E-state index contributed by atoms with van der Waals surface area (Å²) in [4.78, 5) is 93.7. The molecule has 0 radical (unpaired) electrons. The molecule has 8 aliphatic rings. The Hall–Kier alpha value is -6.41. The van der Waals surface area contributed by atoms with Crippen LogP contribution in [0.3, 0.4) is 0 Å². The number of nitriles is 1. The van der Waals surface area contributed by atoms with Crippen LogP contribution in [0, 0.1) is 28.6 Å². The van der Waals surface area contributed by atoms with Gasteiger partial charge in [0.05, 0.1) is 40.9 Å². The van der Waals surface area contributed by atoms with Crippen LogP contribution < -0.4 is 20.4 Å². The maximum atomic E-state index is 15.3. The van der Waals surface area contributed by atoms with Crippen LogP contribution in [-0.4, -0.2) is 134 Å². The number of rotatable bonds is 10. The van der Waals surface area contributed by atoms with E-state index in [4.69, 9.17) is 9.97 Å². The monoisotopic (exact) mass is 1020 g/mol. The number of fused-ring (bicyclic) bond motifs is 3. The highest BCUT2D eigenvalue weighted by molar-refractivity contribution is 6.09. The van der Waals surface area contributed by atoms with Gasteiger partial charge in [-0.2, -0.15) is 5.26 Å². The lowest BCUT2D eigenvalue weighted by Crippen LogP contribution is -2.59. The minimum Gasteiger partial charge on any atom is -0.365 e. The van der Waals surface area contributed by atoms with Gasteiger partial charge in [0, 0.05) is 98.6 Å². The Morgan fingerprint density at radius 3 is 2.24 bits per heavy atom. The topological polar surface area (TPSA) is 193 Å². The number of likely N-dealkylation sites (tertiary alicyclic amines) is 3. The average Bonchev–Trinajstić information content (AvgIpc) is 3.97. The minimum absolute atomic E-state index is 0.0583. The number of imide groups is 1. The molecule has 12 rings (SSSR count). The van der Waals surface area contributed by atoms with Crippen molar-refractivity contribution in [2.75, 3.05) is 67.5 Å². The molecular weight excluding hydrogens is 945 g/mol. The highest BCUT2D eigenvalue weighted by atomic mass is 16.2. The second kappa shape index (κ2) is 19.6. The fourth-order valence-corrected chi connectivity index (χ4v) is 14.0. The number of carbonyl (C=O) groups excluding carboxylic acids is 5. The van der Waals surface area contributed by atoms with Crippen LogP contribution >= 0.6 is 0 Å². The summed E-state index contributed by atoms with van der Waals surface area (Å²) in [6.07, 6.45) is 15.5. The summed E-state index contributed by atoms with van der Waals surface area (Å²) in [7, 11) is 0. The third-order valence-electron chi connectivity index (χ3n) is 19.0. The van der Waals surface area contributed by atoms with Gasteiger partial charge in [-0.05, 0) is 140 Å². The van der Waals surface area contributed by atoms with E-state index in [1.165, 1.54) is 19.3 Å². The van der Waals surface area contributed by atoms with Gasteiger partial charge in [-0.25, -0.2) is 15.0 Å². The number of carbonyl (C=O) groups is 5. The van der Waals surface area contributed by atoms with Crippen LogP contribution in [0.25, 0.3) is 22.3 Å².